The van der Waals surface area contributed by atoms with Crippen LogP contribution < -0.4 is 15.4 Å². The predicted octanol–water partition coefficient (Wildman–Crippen LogP) is 5.80. The highest BCUT2D eigenvalue weighted by Crippen LogP contribution is 2.26. The van der Waals surface area contributed by atoms with Crippen LogP contribution in [0.15, 0.2) is 69.8 Å². The van der Waals surface area contributed by atoms with Crippen LogP contribution in [-0.4, -0.2) is 17.9 Å². The molecule has 2 N–H and O–H groups in total. The smallest absolute Gasteiger partial charge is 0.291 e. The lowest BCUT2D eigenvalue weighted by molar-refractivity contribution is -0.115. The van der Waals surface area contributed by atoms with E-state index in [0.29, 0.717) is 16.0 Å². The molecule has 1 aliphatic carbocycles. The number of benzene rings is 2. The summed E-state index contributed by atoms with van der Waals surface area (Å²) in [4.78, 5) is 24.6. The maximum atomic E-state index is 12.4. The van der Waals surface area contributed by atoms with Gasteiger partial charge in [0.25, 0.3) is 5.91 Å². The summed E-state index contributed by atoms with van der Waals surface area (Å²) in [6.07, 6.45) is 5.11. The molecule has 0 saturated heterocycles. The van der Waals surface area contributed by atoms with Gasteiger partial charge in [-0.1, -0.05) is 18.2 Å². The van der Waals surface area contributed by atoms with E-state index in [4.69, 9.17) is 9.15 Å². The molecule has 7 heteroatoms. The summed E-state index contributed by atoms with van der Waals surface area (Å²) in [6.45, 7) is 0. The van der Waals surface area contributed by atoms with Gasteiger partial charge in [0.1, 0.15) is 5.75 Å². The monoisotopic (exact) mass is 482 g/mol. The van der Waals surface area contributed by atoms with Crippen LogP contribution in [0, 0.1) is 0 Å². The molecule has 160 valence electrons. The van der Waals surface area contributed by atoms with E-state index < -0.39 is 0 Å². The Kier molecular flexibility index (Phi) is 6.72. The van der Waals surface area contributed by atoms with Crippen LogP contribution in [0.1, 0.15) is 41.8 Å². The standard InChI is InChI=1S/C24H23BrN2O4/c25-22-13-12-21(31-22)24(29)27-17-10-8-16(9-11-17)14-23(28)26-18-4-3-7-20(15-18)30-19-5-1-2-6-19/h3-4,7-13,15,19H,1-2,5-6,14H2,(H,26,28)(H,27,29). The van der Waals surface area contributed by atoms with Crippen LogP contribution in [0.5, 0.6) is 5.75 Å². The fourth-order valence-electron chi connectivity index (χ4n) is 3.57. The van der Waals surface area contributed by atoms with E-state index in [2.05, 4.69) is 26.6 Å². The number of ether oxygens (including phenoxy) is 1. The maximum Gasteiger partial charge on any atom is 0.291 e. The first-order valence-electron chi connectivity index (χ1n) is 10.3. The largest absolute Gasteiger partial charge is 0.490 e. The average Bonchev–Trinajstić information content (AvgIpc) is 3.41. The van der Waals surface area contributed by atoms with Gasteiger partial charge in [-0.25, -0.2) is 0 Å². The summed E-state index contributed by atoms with van der Waals surface area (Å²) in [7, 11) is 0. The summed E-state index contributed by atoms with van der Waals surface area (Å²) in [5.41, 5.74) is 2.18. The Balaban J connectivity index is 1.30. The van der Waals surface area contributed by atoms with Crippen molar-refractivity contribution in [3.05, 3.63) is 76.7 Å². The molecule has 0 spiro atoms. The normalized spacial score (nSPS) is 13.7. The van der Waals surface area contributed by atoms with Gasteiger partial charge in [-0.3, -0.25) is 9.59 Å². The minimum absolute atomic E-state index is 0.116. The third-order valence-corrected chi connectivity index (χ3v) is 5.52. The Morgan fingerprint density at radius 3 is 2.45 bits per heavy atom. The average molecular weight is 483 g/mol. The number of carbonyl (C=O) groups excluding carboxylic acids is 2. The zero-order chi connectivity index (χ0) is 21.6. The second-order valence-electron chi connectivity index (χ2n) is 7.53. The molecule has 1 heterocycles. The Morgan fingerprint density at radius 2 is 1.74 bits per heavy atom. The fraction of sp³-hybridized carbons (Fsp3) is 0.250. The minimum Gasteiger partial charge on any atom is -0.490 e. The zero-order valence-corrected chi connectivity index (χ0v) is 18.5. The SMILES string of the molecule is O=C(Cc1ccc(NC(=O)c2ccc(Br)o2)cc1)Nc1cccc(OC2CCCC2)c1. The van der Waals surface area contributed by atoms with Gasteiger partial charge in [0, 0.05) is 17.4 Å². The lowest BCUT2D eigenvalue weighted by Crippen LogP contribution is -2.15. The number of anilines is 2. The molecule has 1 fully saturated rings. The number of hydrogen-bond acceptors (Lipinski definition) is 4. The molecule has 0 atom stereocenters. The Labute approximate surface area is 189 Å². The second-order valence-corrected chi connectivity index (χ2v) is 8.31. The van der Waals surface area contributed by atoms with Crippen LogP contribution in [0.2, 0.25) is 0 Å². The predicted molar refractivity (Wildman–Crippen MR) is 122 cm³/mol. The van der Waals surface area contributed by atoms with Crippen molar-refractivity contribution in [3.8, 4) is 5.75 Å². The molecule has 2 amide bonds. The van der Waals surface area contributed by atoms with E-state index in [9.17, 15) is 9.59 Å². The second kappa shape index (κ2) is 9.83. The molecule has 1 saturated carbocycles. The van der Waals surface area contributed by atoms with Gasteiger partial charge in [-0.05, 0) is 83.6 Å². The first kappa shape index (κ1) is 21.2. The van der Waals surface area contributed by atoms with Crippen molar-refractivity contribution in [2.75, 3.05) is 10.6 Å². The quantitative estimate of drug-likeness (QED) is 0.445. The summed E-state index contributed by atoms with van der Waals surface area (Å²) in [5.74, 6) is 0.550. The van der Waals surface area contributed by atoms with Gasteiger partial charge in [-0.2, -0.15) is 0 Å². The molecule has 0 unspecified atom stereocenters. The van der Waals surface area contributed by atoms with Crippen molar-refractivity contribution in [3.63, 3.8) is 0 Å². The van der Waals surface area contributed by atoms with Gasteiger partial charge >= 0.3 is 0 Å². The topological polar surface area (TPSA) is 80.6 Å². The molecule has 0 radical (unpaired) electrons. The van der Waals surface area contributed by atoms with Crippen molar-refractivity contribution in [1.82, 2.24) is 0 Å². The fourth-order valence-corrected chi connectivity index (χ4v) is 3.88. The highest BCUT2D eigenvalue weighted by atomic mass is 79.9. The third-order valence-electron chi connectivity index (χ3n) is 5.10. The van der Waals surface area contributed by atoms with E-state index in [1.54, 1.807) is 24.3 Å². The summed E-state index contributed by atoms with van der Waals surface area (Å²) >= 11 is 3.17. The minimum atomic E-state index is -0.337. The first-order valence-corrected chi connectivity index (χ1v) is 11.1. The Morgan fingerprint density at radius 1 is 0.968 bits per heavy atom. The molecular formula is C24H23BrN2O4. The number of hydrogen-bond donors (Lipinski definition) is 2. The van der Waals surface area contributed by atoms with Crippen LogP contribution in [0.4, 0.5) is 11.4 Å². The lowest BCUT2D eigenvalue weighted by atomic mass is 10.1. The van der Waals surface area contributed by atoms with Crippen LogP contribution in [0.3, 0.4) is 0 Å². The maximum absolute atomic E-state index is 12.4. The van der Waals surface area contributed by atoms with Crippen molar-refractivity contribution in [1.29, 1.82) is 0 Å². The molecule has 3 aromatic rings. The van der Waals surface area contributed by atoms with Crippen LogP contribution in [-0.2, 0) is 11.2 Å². The summed E-state index contributed by atoms with van der Waals surface area (Å²) in [5, 5.41) is 5.68. The molecule has 1 aromatic heterocycles. The van der Waals surface area contributed by atoms with E-state index in [1.165, 1.54) is 12.8 Å². The number of halogens is 1. The summed E-state index contributed by atoms with van der Waals surface area (Å²) < 4.78 is 11.7. The number of amides is 2. The van der Waals surface area contributed by atoms with Gasteiger partial charge in [0.15, 0.2) is 10.4 Å². The van der Waals surface area contributed by atoms with Crippen molar-refractivity contribution in [2.24, 2.45) is 0 Å². The molecule has 0 aliphatic heterocycles. The van der Waals surface area contributed by atoms with Crippen molar-refractivity contribution in [2.45, 2.75) is 38.2 Å². The Bertz CT molecular complexity index is 1060. The third kappa shape index (κ3) is 5.98. The van der Waals surface area contributed by atoms with Gasteiger partial charge in [0.2, 0.25) is 5.91 Å². The first-order chi connectivity index (χ1) is 15.0. The highest BCUT2D eigenvalue weighted by molar-refractivity contribution is 9.10. The zero-order valence-electron chi connectivity index (χ0n) is 16.9. The molecule has 0 bridgehead atoms. The summed E-state index contributed by atoms with van der Waals surface area (Å²) in [6, 6.07) is 17.9. The molecular weight excluding hydrogens is 460 g/mol. The van der Waals surface area contributed by atoms with E-state index in [-0.39, 0.29) is 30.1 Å². The van der Waals surface area contributed by atoms with E-state index in [1.807, 2.05) is 36.4 Å². The Hall–Kier alpha value is -3.06. The molecule has 6 nitrogen and oxygen atoms in total. The van der Waals surface area contributed by atoms with Gasteiger partial charge in [-0.15, -0.1) is 0 Å². The lowest BCUT2D eigenvalue weighted by Gasteiger charge is -2.14. The van der Waals surface area contributed by atoms with Gasteiger partial charge in [0.05, 0.1) is 12.5 Å². The van der Waals surface area contributed by atoms with Crippen molar-refractivity contribution < 1.29 is 18.7 Å². The number of rotatable bonds is 7. The van der Waals surface area contributed by atoms with E-state index >= 15 is 0 Å². The van der Waals surface area contributed by atoms with Gasteiger partial charge < -0.3 is 19.8 Å². The molecule has 4 rings (SSSR count). The van der Waals surface area contributed by atoms with Crippen LogP contribution in [0.25, 0.3) is 0 Å². The number of nitrogens with one attached hydrogen (secondary N) is 2. The molecule has 2 aromatic carbocycles. The van der Waals surface area contributed by atoms with Crippen molar-refractivity contribution >= 4 is 39.1 Å². The van der Waals surface area contributed by atoms with E-state index in [0.717, 1.165) is 24.2 Å². The van der Waals surface area contributed by atoms with Crippen LogP contribution >= 0.6 is 15.9 Å². The highest BCUT2D eigenvalue weighted by Gasteiger charge is 2.16. The number of carbonyl (C=O) groups is 2. The number of furan rings is 1. The molecule has 1 aliphatic rings. The molecule has 31 heavy (non-hydrogen) atoms.